The van der Waals surface area contributed by atoms with Crippen LogP contribution in [-0.4, -0.2) is 55.8 Å². The molecule has 0 radical (unpaired) electrons. The fourth-order valence-corrected chi connectivity index (χ4v) is 3.26. The molecule has 1 N–H and O–H groups in total. The van der Waals surface area contributed by atoms with Gasteiger partial charge in [-0.05, 0) is 37.5 Å². The van der Waals surface area contributed by atoms with Crippen LogP contribution in [0.3, 0.4) is 0 Å². The summed E-state index contributed by atoms with van der Waals surface area (Å²) < 4.78 is 16.9. The van der Waals surface area contributed by atoms with E-state index < -0.39 is 11.9 Å². The summed E-state index contributed by atoms with van der Waals surface area (Å²) in [6, 6.07) is 7.49. The van der Waals surface area contributed by atoms with E-state index in [9.17, 15) is 9.90 Å². The Morgan fingerprint density at radius 1 is 1.44 bits per heavy atom. The van der Waals surface area contributed by atoms with E-state index in [4.69, 9.17) is 25.8 Å². The minimum atomic E-state index is -0.895. The number of carboxylic acid groups (broad SMARTS) is 1. The quantitative estimate of drug-likeness (QED) is 0.738. The van der Waals surface area contributed by atoms with E-state index in [2.05, 4.69) is 0 Å². The van der Waals surface area contributed by atoms with Gasteiger partial charge in [-0.1, -0.05) is 23.7 Å². The highest BCUT2D eigenvalue weighted by molar-refractivity contribution is 6.30. The molecule has 0 aromatic heterocycles. The Kier molecular flexibility index (Phi) is 7.07. The highest BCUT2D eigenvalue weighted by Crippen LogP contribution is 2.35. The molecular formula is C18H26ClNO5. The first-order chi connectivity index (χ1) is 11.9. The molecule has 1 amide bonds. The van der Waals surface area contributed by atoms with Gasteiger partial charge >= 0.3 is 6.09 Å². The van der Waals surface area contributed by atoms with Gasteiger partial charge in [-0.2, -0.15) is 0 Å². The summed E-state index contributed by atoms with van der Waals surface area (Å²) in [6.07, 6.45) is 0.513. The van der Waals surface area contributed by atoms with Gasteiger partial charge in [-0.3, -0.25) is 0 Å². The number of rotatable bonds is 7. The van der Waals surface area contributed by atoms with Crippen molar-refractivity contribution in [1.29, 1.82) is 0 Å². The maximum atomic E-state index is 11.3. The minimum absolute atomic E-state index is 0.0429. The smallest absolute Gasteiger partial charge is 0.407 e. The van der Waals surface area contributed by atoms with E-state index >= 15 is 0 Å². The predicted molar refractivity (Wildman–Crippen MR) is 94.9 cm³/mol. The molecule has 0 spiro atoms. The summed E-state index contributed by atoms with van der Waals surface area (Å²) in [4.78, 5) is 12.8. The lowest BCUT2D eigenvalue weighted by molar-refractivity contribution is -0.234. The molecule has 2 rings (SSSR count). The molecule has 25 heavy (non-hydrogen) atoms. The molecular weight excluding hydrogens is 346 g/mol. The lowest BCUT2D eigenvalue weighted by atomic mass is 9.88. The monoisotopic (exact) mass is 371 g/mol. The molecule has 0 bridgehead atoms. The van der Waals surface area contributed by atoms with Crippen LogP contribution in [0.2, 0.25) is 5.02 Å². The summed E-state index contributed by atoms with van der Waals surface area (Å²) in [7, 11) is 3.13. The van der Waals surface area contributed by atoms with Crippen LogP contribution in [0.1, 0.15) is 31.4 Å². The average Bonchev–Trinajstić information content (AvgIpc) is 2.62. The second kappa shape index (κ2) is 8.85. The number of benzene rings is 1. The Hall–Kier alpha value is -1.34. The zero-order valence-electron chi connectivity index (χ0n) is 14.9. The molecule has 1 saturated heterocycles. The number of likely N-dealkylation sites (tertiary alicyclic amines) is 1. The van der Waals surface area contributed by atoms with E-state index in [1.165, 1.54) is 4.90 Å². The maximum Gasteiger partial charge on any atom is 0.407 e. The summed E-state index contributed by atoms with van der Waals surface area (Å²) in [5.74, 6) is -0.820. The van der Waals surface area contributed by atoms with Crippen LogP contribution >= 0.6 is 11.6 Å². The van der Waals surface area contributed by atoms with Gasteiger partial charge < -0.3 is 24.2 Å². The first-order valence-corrected chi connectivity index (χ1v) is 8.71. The van der Waals surface area contributed by atoms with Crippen LogP contribution in [0.25, 0.3) is 0 Å². The lowest BCUT2D eigenvalue weighted by Gasteiger charge is -2.37. The topological polar surface area (TPSA) is 68.2 Å². The Morgan fingerprint density at radius 3 is 2.76 bits per heavy atom. The zero-order chi connectivity index (χ0) is 18.4. The molecule has 1 aromatic carbocycles. The Bertz CT molecular complexity index is 578. The van der Waals surface area contributed by atoms with Gasteiger partial charge in [0.2, 0.25) is 0 Å². The lowest BCUT2D eigenvalue weighted by Crippen LogP contribution is -2.42. The molecule has 1 aliphatic rings. The van der Waals surface area contributed by atoms with Crippen LogP contribution in [-0.2, 0) is 14.2 Å². The summed E-state index contributed by atoms with van der Waals surface area (Å²) in [5, 5.41) is 9.94. The molecule has 2 atom stereocenters. The van der Waals surface area contributed by atoms with Crippen LogP contribution < -0.4 is 0 Å². The average molecular weight is 372 g/mol. The highest BCUT2D eigenvalue weighted by atomic mass is 35.5. The van der Waals surface area contributed by atoms with Crippen LogP contribution in [0.15, 0.2) is 24.3 Å². The molecule has 1 heterocycles. The van der Waals surface area contributed by atoms with E-state index in [0.717, 1.165) is 18.4 Å². The van der Waals surface area contributed by atoms with E-state index in [-0.39, 0.29) is 18.6 Å². The number of piperidine rings is 1. The molecule has 1 aliphatic heterocycles. The van der Waals surface area contributed by atoms with Gasteiger partial charge in [0.1, 0.15) is 6.61 Å². The number of hydrogen-bond donors (Lipinski definition) is 1. The van der Waals surface area contributed by atoms with Gasteiger partial charge in [0.05, 0.1) is 6.10 Å². The maximum absolute atomic E-state index is 11.3. The molecule has 6 nitrogen and oxygen atoms in total. The third kappa shape index (κ3) is 5.31. The number of methoxy groups -OCH3 is 2. The molecule has 0 aliphatic carbocycles. The summed E-state index contributed by atoms with van der Waals surface area (Å²) in [5.41, 5.74) is 0.930. The van der Waals surface area contributed by atoms with Crippen LogP contribution in [0.5, 0.6) is 0 Å². The van der Waals surface area contributed by atoms with Gasteiger partial charge in [-0.25, -0.2) is 4.79 Å². The van der Waals surface area contributed by atoms with Crippen molar-refractivity contribution in [2.24, 2.45) is 5.92 Å². The first kappa shape index (κ1) is 20.0. The van der Waals surface area contributed by atoms with Crippen molar-refractivity contribution in [2.75, 3.05) is 33.9 Å². The van der Waals surface area contributed by atoms with Crippen molar-refractivity contribution in [3.63, 3.8) is 0 Å². The van der Waals surface area contributed by atoms with Crippen molar-refractivity contribution in [3.8, 4) is 0 Å². The second-order valence-electron chi connectivity index (χ2n) is 6.46. The third-order valence-electron chi connectivity index (χ3n) is 4.72. The minimum Gasteiger partial charge on any atom is -0.465 e. The van der Waals surface area contributed by atoms with Crippen molar-refractivity contribution in [2.45, 2.75) is 31.7 Å². The molecule has 1 fully saturated rings. The first-order valence-electron chi connectivity index (χ1n) is 8.34. The SMILES string of the molecule is COC(C)(CO[C@@H](c1cccc(Cl)c1)C1CCCN(C(=O)O)C1)OC. The van der Waals surface area contributed by atoms with Gasteiger partial charge in [0.25, 0.3) is 0 Å². The fourth-order valence-electron chi connectivity index (χ4n) is 3.06. The van der Waals surface area contributed by atoms with Crippen molar-refractivity contribution >= 4 is 17.7 Å². The standard InChI is InChI=1S/C18H26ClNO5/c1-18(23-2,24-3)12-25-16(13-6-4-8-15(19)10-13)14-7-5-9-20(11-14)17(21)22/h4,6,8,10,14,16H,5,7,9,11-12H2,1-3H3,(H,21,22)/t14?,16-/m0/s1. The molecule has 0 saturated carbocycles. The third-order valence-corrected chi connectivity index (χ3v) is 4.96. The van der Waals surface area contributed by atoms with Crippen molar-refractivity contribution in [1.82, 2.24) is 4.90 Å². The number of amides is 1. The van der Waals surface area contributed by atoms with Gasteiger partial charge in [-0.15, -0.1) is 0 Å². The van der Waals surface area contributed by atoms with E-state index in [1.54, 1.807) is 27.2 Å². The van der Waals surface area contributed by atoms with E-state index in [1.807, 2.05) is 18.2 Å². The Balaban J connectivity index is 2.21. The number of nitrogens with zero attached hydrogens (tertiary/aromatic N) is 1. The summed E-state index contributed by atoms with van der Waals surface area (Å²) in [6.45, 7) is 3.01. The number of ether oxygens (including phenoxy) is 3. The second-order valence-corrected chi connectivity index (χ2v) is 6.90. The van der Waals surface area contributed by atoms with Crippen molar-refractivity contribution in [3.05, 3.63) is 34.9 Å². The Labute approximate surface area is 153 Å². The Morgan fingerprint density at radius 2 is 2.16 bits per heavy atom. The number of carbonyl (C=O) groups is 1. The normalized spacial score (nSPS) is 19.7. The van der Waals surface area contributed by atoms with Crippen molar-refractivity contribution < 1.29 is 24.1 Å². The molecule has 140 valence electrons. The summed E-state index contributed by atoms with van der Waals surface area (Å²) >= 11 is 6.14. The number of halogens is 1. The largest absolute Gasteiger partial charge is 0.465 e. The molecule has 1 aromatic rings. The highest BCUT2D eigenvalue weighted by Gasteiger charge is 2.33. The van der Waals surface area contributed by atoms with Gasteiger partial charge in [0, 0.05) is 38.2 Å². The molecule has 1 unspecified atom stereocenters. The van der Waals surface area contributed by atoms with E-state index in [0.29, 0.717) is 18.1 Å². The zero-order valence-corrected chi connectivity index (χ0v) is 15.7. The van der Waals surface area contributed by atoms with Crippen LogP contribution in [0, 0.1) is 5.92 Å². The number of hydrogen-bond acceptors (Lipinski definition) is 4. The van der Waals surface area contributed by atoms with Gasteiger partial charge in [0.15, 0.2) is 5.79 Å². The molecule has 7 heteroatoms. The fraction of sp³-hybridized carbons (Fsp3) is 0.611. The van der Waals surface area contributed by atoms with Crippen LogP contribution in [0.4, 0.5) is 4.79 Å². The predicted octanol–water partition coefficient (Wildman–Crippen LogP) is 3.80.